The van der Waals surface area contributed by atoms with Crippen LogP contribution in [0.3, 0.4) is 0 Å². The maximum absolute atomic E-state index is 13.9. The van der Waals surface area contributed by atoms with Crippen LogP contribution in [-0.4, -0.2) is 7.11 Å². The van der Waals surface area contributed by atoms with Crippen LogP contribution >= 0.6 is 23.2 Å². The number of hydrogen-bond donors (Lipinski definition) is 0. The molecule has 0 aliphatic carbocycles. The maximum Gasteiger partial charge on any atom is 0.134 e. The van der Waals surface area contributed by atoms with Gasteiger partial charge in [-0.15, -0.1) is 11.6 Å². The van der Waals surface area contributed by atoms with E-state index < -0.39 is 28.4 Å². The highest BCUT2D eigenvalue weighted by Crippen LogP contribution is 2.38. The lowest BCUT2D eigenvalue weighted by atomic mass is 10.0. The van der Waals surface area contributed by atoms with E-state index in [0.29, 0.717) is 0 Å². The van der Waals surface area contributed by atoms with E-state index in [4.69, 9.17) is 27.9 Å². The largest absolute Gasteiger partial charge is 0.497 e. The highest BCUT2D eigenvalue weighted by molar-refractivity contribution is 6.33. The quantitative estimate of drug-likeness (QED) is 0.715. The summed E-state index contributed by atoms with van der Waals surface area (Å²) < 4.78 is 46.4. The smallest absolute Gasteiger partial charge is 0.134 e. The first-order chi connectivity index (χ1) is 9.45. The standard InChI is InChI=1S/C14H9Cl2F3O/c1-20-7-5-10(18)13(11(19)6-7)14(16)12-8(15)3-2-4-9(12)17/h2-6,14H,1H3. The van der Waals surface area contributed by atoms with Crippen LogP contribution in [0.25, 0.3) is 0 Å². The normalized spacial score (nSPS) is 12.3. The zero-order valence-electron chi connectivity index (χ0n) is 10.3. The van der Waals surface area contributed by atoms with E-state index >= 15 is 0 Å². The summed E-state index contributed by atoms with van der Waals surface area (Å²) in [5.74, 6) is -2.58. The van der Waals surface area contributed by atoms with Crippen LogP contribution in [-0.2, 0) is 0 Å². The topological polar surface area (TPSA) is 9.23 Å². The summed E-state index contributed by atoms with van der Waals surface area (Å²) in [6.45, 7) is 0. The van der Waals surface area contributed by atoms with Gasteiger partial charge in [0.2, 0.25) is 0 Å². The van der Waals surface area contributed by atoms with Crippen LogP contribution in [0.5, 0.6) is 5.75 Å². The van der Waals surface area contributed by atoms with Crippen LogP contribution in [0.2, 0.25) is 5.02 Å². The molecule has 0 fully saturated rings. The molecule has 106 valence electrons. The molecule has 0 radical (unpaired) electrons. The molecule has 0 saturated carbocycles. The Hall–Kier alpha value is -1.39. The van der Waals surface area contributed by atoms with Crippen LogP contribution in [0.4, 0.5) is 13.2 Å². The SMILES string of the molecule is COc1cc(F)c(C(Cl)c2c(F)cccc2Cl)c(F)c1. The van der Waals surface area contributed by atoms with Gasteiger partial charge < -0.3 is 4.74 Å². The van der Waals surface area contributed by atoms with Crippen LogP contribution in [0.1, 0.15) is 16.5 Å². The summed E-state index contributed by atoms with van der Waals surface area (Å²) in [6.07, 6.45) is 0. The summed E-state index contributed by atoms with van der Waals surface area (Å²) >= 11 is 11.8. The fourth-order valence-electron chi connectivity index (χ4n) is 1.82. The van der Waals surface area contributed by atoms with Gasteiger partial charge in [-0.3, -0.25) is 0 Å². The Kier molecular flexibility index (Phi) is 4.45. The average molecular weight is 321 g/mol. The predicted molar refractivity (Wildman–Crippen MR) is 72.0 cm³/mol. The zero-order valence-corrected chi connectivity index (χ0v) is 11.8. The van der Waals surface area contributed by atoms with E-state index in [9.17, 15) is 13.2 Å². The first kappa shape index (κ1) is 15.0. The summed E-state index contributed by atoms with van der Waals surface area (Å²) in [7, 11) is 1.28. The van der Waals surface area contributed by atoms with Crippen molar-refractivity contribution in [3.63, 3.8) is 0 Å². The molecular formula is C14H9Cl2F3O. The summed E-state index contributed by atoms with van der Waals surface area (Å²) in [5, 5.41) is -1.38. The van der Waals surface area contributed by atoms with Gasteiger partial charge in [-0.05, 0) is 12.1 Å². The number of benzene rings is 2. The number of halogens is 5. The minimum atomic E-state index is -1.38. The lowest BCUT2D eigenvalue weighted by Gasteiger charge is -2.15. The highest BCUT2D eigenvalue weighted by Gasteiger charge is 2.25. The van der Waals surface area contributed by atoms with Crippen LogP contribution < -0.4 is 4.74 Å². The van der Waals surface area contributed by atoms with E-state index in [2.05, 4.69) is 0 Å². The molecular weight excluding hydrogens is 312 g/mol. The molecule has 0 N–H and O–H groups in total. The number of methoxy groups -OCH3 is 1. The molecule has 0 amide bonds. The molecule has 0 saturated heterocycles. The summed E-state index contributed by atoms with van der Waals surface area (Å²) in [6, 6.07) is 5.85. The molecule has 0 bridgehead atoms. The van der Waals surface area contributed by atoms with Crippen molar-refractivity contribution in [3.05, 3.63) is 63.9 Å². The fourth-order valence-corrected chi connectivity index (χ4v) is 2.58. The molecule has 1 atom stereocenters. The second-order valence-electron chi connectivity index (χ2n) is 4.00. The van der Waals surface area contributed by atoms with Crippen LogP contribution in [0.15, 0.2) is 30.3 Å². The van der Waals surface area contributed by atoms with E-state index in [1.165, 1.54) is 19.2 Å². The number of ether oxygens (including phenoxy) is 1. The van der Waals surface area contributed by atoms with Crippen molar-refractivity contribution in [2.75, 3.05) is 7.11 Å². The van der Waals surface area contributed by atoms with Crippen molar-refractivity contribution < 1.29 is 17.9 Å². The third-order valence-electron chi connectivity index (χ3n) is 2.79. The van der Waals surface area contributed by atoms with Crippen molar-refractivity contribution in [1.29, 1.82) is 0 Å². The molecule has 0 aromatic heterocycles. The van der Waals surface area contributed by atoms with Gasteiger partial charge in [-0.25, -0.2) is 13.2 Å². The van der Waals surface area contributed by atoms with Gasteiger partial charge in [0.15, 0.2) is 0 Å². The van der Waals surface area contributed by atoms with Gasteiger partial charge in [-0.2, -0.15) is 0 Å². The third-order valence-corrected chi connectivity index (χ3v) is 3.56. The molecule has 1 unspecified atom stereocenters. The highest BCUT2D eigenvalue weighted by atomic mass is 35.5. The van der Waals surface area contributed by atoms with Crippen molar-refractivity contribution >= 4 is 23.2 Å². The van der Waals surface area contributed by atoms with Gasteiger partial charge in [0, 0.05) is 28.3 Å². The minimum absolute atomic E-state index is 0.000354. The third kappa shape index (κ3) is 2.72. The molecule has 6 heteroatoms. The van der Waals surface area contributed by atoms with Gasteiger partial charge in [0.05, 0.1) is 12.5 Å². The van der Waals surface area contributed by atoms with E-state index in [-0.39, 0.29) is 16.3 Å². The fraction of sp³-hybridized carbons (Fsp3) is 0.143. The molecule has 0 spiro atoms. The summed E-state index contributed by atoms with van der Waals surface area (Å²) in [5.41, 5.74) is -0.640. The number of rotatable bonds is 3. The van der Waals surface area contributed by atoms with Crippen LogP contribution in [0, 0.1) is 17.5 Å². The molecule has 2 aromatic rings. The van der Waals surface area contributed by atoms with Crippen molar-refractivity contribution in [2.45, 2.75) is 5.38 Å². The van der Waals surface area contributed by atoms with Gasteiger partial charge >= 0.3 is 0 Å². The molecule has 20 heavy (non-hydrogen) atoms. The Bertz CT molecular complexity index is 603. The lowest BCUT2D eigenvalue weighted by Crippen LogP contribution is -2.04. The van der Waals surface area contributed by atoms with E-state index in [1.807, 2.05) is 0 Å². The van der Waals surface area contributed by atoms with Crippen molar-refractivity contribution in [1.82, 2.24) is 0 Å². The molecule has 2 aromatic carbocycles. The molecule has 0 aliphatic rings. The zero-order chi connectivity index (χ0) is 14.9. The van der Waals surface area contributed by atoms with Crippen molar-refractivity contribution in [2.24, 2.45) is 0 Å². The Labute approximate surface area is 123 Å². The second kappa shape index (κ2) is 5.94. The molecule has 2 rings (SSSR count). The Morgan fingerprint density at radius 1 is 1.00 bits per heavy atom. The Morgan fingerprint density at radius 3 is 2.10 bits per heavy atom. The Morgan fingerprint density at radius 2 is 1.60 bits per heavy atom. The molecule has 0 aliphatic heterocycles. The first-order valence-corrected chi connectivity index (χ1v) is 6.38. The van der Waals surface area contributed by atoms with Gasteiger partial charge in [0.25, 0.3) is 0 Å². The number of alkyl halides is 1. The second-order valence-corrected chi connectivity index (χ2v) is 4.85. The predicted octanol–water partition coefficient (Wildman–Crippen LogP) is 5.09. The van der Waals surface area contributed by atoms with Gasteiger partial charge in [-0.1, -0.05) is 17.7 Å². The minimum Gasteiger partial charge on any atom is -0.497 e. The summed E-state index contributed by atoms with van der Waals surface area (Å²) in [4.78, 5) is 0. The van der Waals surface area contributed by atoms with Gasteiger partial charge in [0.1, 0.15) is 23.2 Å². The van der Waals surface area contributed by atoms with Crippen molar-refractivity contribution in [3.8, 4) is 5.75 Å². The molecule has 0 heterocycles. The van der Waals surface area contributed by atoms with E-state index in [0.717, 1.165) is 18.2 Å². The average Bonchev–Trinajstić information content (AvgIpc) is 2.37. The lowest BCUT2D eigenvalue weighted by molar-refractivity contribution is 0.405. The Balaban J connectivity index is 2.57. The van der Waals surface area contributed by atoms with E-state index in [1.54, 1.807) is 0 Å². The molecule has 1 nitrogen and oxygen atoms in total. The first-order valence-electron chi connectivity index (χ1n) is 5.56. The monoisotopic (exact) mass is 320 g/mol. The maximum atomic E-state index is 13.9. The number of hydrogen-bond acceptors (Lipinski definition) is 1.